The second-order valence-corrected chi connectivity index (χ2v) is 8.10. The number of carbonyl (C=O) groups is 1. The first-order chi connectivity index (χ1) is 11.2. The van der Waals surface area contributed by atoms with E-state index in [1.165, 1.54) is 13.0 Å². The molecule has 1 heterocycles. The van der Waals surface area contributed by atoms with E-state index < -0.39 is 22.0 Å². The van der Waals surface area contributed by atoms with Gasteiger partial charge >= 0.3 is 5.97 Å². The molecule has 1 saturated heterocycles. The Bertz CT molecular complexity index is 690. The molecule has 134 valence electrons. The SMILES string of the molecule is C[C@H](NS(=O)(=O)c1cccc(N2CCC[C@H](N(C)C)C2)c1)C(=O)O. The first kappa shape index (κ1) is 18.7. The molecule has 0 saturated carbocycles. The first-order valence-corrected chi connectivity index (χ1v) is 9.45. The largest absolute Gasteiger partial charge is 0.480 e. The Morgan fingerprint density at radius 1 is 1.42 bits per heavy atom. The van der Waals surface area contributed by atoms with E-state index >= 15 is 0 Å². The van der Waals surface area contributed by atoms with Crippen molar-refractivity contribution < 1.29 is 18.3 Å². The van der Waals surface area contributed by atoms with E-state index in [1.54, 1.807) is 12.1 Å². The number of nitrogens with one attached hydrogen (secondary N) is 1. The van der Waals surface area contributed by atoms with Crippen molar-refractivity contribution in [3.05, 3.63) is 24.3 Å². The number of hydrogen-bond donors (Lipinski definition) is 2. The van der Waals surface area contributed by atoms with Crippen molar-refractivity contribution in [3.8, 4) is 0 Å². The molecule has 24 heavy (non-hydrogen) atoms. The Hall–Kier alpha value is -1.64. The maximum absolute atomic E-state index is 12.4. The molecule has 1 fully saturated rings. The van der Waals surface area contributed by atoms with Crippen molar-refractivity contribution in [3.63, 3.8) is 0 Å². The molecule has 1 aliphatic rings. The van der Waals surface area contributed by atoms with Gasteiger partial charge in [-0.1, -0.05) is 6.07 Å². The zero-order valence-corrected chi connectivity index (χ0v) is 15.1. The fraction of sp³-hybridized carbons (Fsp3) is 0.562. The highest BCUT2D eigenvalue weighted by molar-refractivity contribution is 7.89. The standard InChI is InChI=1S/C16H25N3O4S/c1-12(16(20)21)17-24(22,23)15-8-4-6-13(10-15)19-9-5-7-14(11-19)18(2)3/h4,6,8,10,12,14,17H,5,7,9,11H2,1-3H3,(H,20,21)/t12-,14-/m0/s1. The third-order valence-corrected chi connectivity index (χ3v) is 5.86. The summed E-state index contributed by atoms with van der Waals surface area (Å²) in [6, 6.07) is 5.92. The molecular weight excluding hydrogens is 330 g/mol. The number of sulfonamides is 1. The number of piperidine rings is 1. The minimum absolute atomic E-state index is 0.0834. The maximum atomic E-state index is 12.4. The van der Waals surface area contributed by atoms with Gasteiger partial charge in [0.1, 0.15) is 6.04 Å². The van der Waals surface area contributed by atoms with E-state index in [2.05, 4.69) is 14.5 Å². The Labute approximate surface area is 143 Å². The van der Waals surface area contributed by atoms with E-state index in [-0.39, 0.29) is 4.90 Å². The second-order valence-electron chi connectivity index (χ2n) is 6.38. The average molecular weight is 355 g/mol. The number of anilines is 1. The van der Waals surface area contributed by atoms with Crippen LogP contribution in [-0.2, 0) is 14.8 Å². The molecule has 0 spiro atoms. The normalized spacial score (nSPS) is 20.2. The molecule has 1 aliphatic heterocycles. The molecule has 8 heteroatoms. The molecule has 7 nitrogen and oxygen atoms in total. The summed E-state index contributed by atoms with van der Waals surface area (Å²) in [4.78, 5) is 15.3. The number of likely N-dealkylation sites (N-methyl/N-ethyl adjacent to an activating group) is 1. The molecular formula is C16H25N3O4S. The van der Waals surface area contributed by atoms with E-state index in [0.29, 0.717) is 6.04 Å². The quantitative estimate of drug-likeness (QED) is 0.790. The maximum Gasteiger partial charge on any atom is 0.321 e. The van der Waals surface area contributed by atoms with Crippen LogP contribution in [0, 0.1) is 0 Å². The van der Waals surface area contributed by atoms with Crippen molar-refractivity contribution in [1.82, 2.24) is 9.62 Å². The number of benzene rings is 1. The fourth-order valence-corrected chi connectivity index (χ4v) is 4.05. The molecule has 2 N–H and O–H groups in total. The summed E-state index contributed by atoms with van der Waals surface area (Å²) in [6.07, 6.45) is 2.17. The van der Waals surface area contributed by atoms with Gasteiger partial charge in [0.05, 0.1) is 4.90 Å². The van der Waals surface area contributed by atoms with Crippen LogP contribution in [0.1, 0.15) is 19.8 Å². The van der Waals surface area contributed by atoms with Crippen LogP contribution in [0.15, 0.2) is 29.2 Å². The molecule has 0 aliphatic carbocycles. The van der Waals surface area contributed by atoms with Crippen molar-refractivity contribution >= 4 is 21.7 Å². The Balaban J connectivity index is 2.21. The zero-order valence-electron chi connectivity index (χ0n) is 14.3. The Morgan fingerprint density at radius 3 is 2.75 bits per heavy atom. The molecule has 1 aromatic rings. The van der Waals surface area contributed by atoms with Gasteiger partial charge in [0, 0.05) is 24.8 Å². The van der Waals surface area contributed by atoms with Gasteiger partial charge in [-0.05, 0) is 52.1 Å². The molecule has 0 amide bonds. The number of carboxylic acids is 1. The van der Waals surface area contributed by atoms with Gasteiger partial charge in [0.25, 0.3) is 0 Å². The van der Waals surface area contributed by atoms with Gasteiger partial charge in [-0.2, -0.15) is 4.72 Å². The molecule has 0 aromatic heterocycles. The summed E-state index contributed by atoms with van der Waals surface area (Å²) >= 11 is 0. The second kappa shape index (κ2) is 7.50. The predicted molar refractivity (Wildman–Crippen MR) is 92.8 cm³/mol. The van der Waals surface area contributed by atoms with Gasteiger partial charge in [0.15, 0.2) is 0 Å². The molecule has 0 radical (unpaired) electrons. The van der Waals surface area contributed by atoms with E-state index in [4.69, 9.17) is 5.11 Å². The van der Waals surface area contributed by atoms with Crippen molar-refractivity contribution in [2.24, 2.45) is 0 Å². The number of aliphatic carboxylic acids is 1. The highest BCUT2D eigenvalue weighted by Gasteiger charge is 2.24. The van der Waals surface area contributed by atoms with Crippen LogP contribution in [0.5, 0.6) is 0 Å². The molecule has 2 atom stereocenters. The van der Waals surface area contributed by atoms with Gasteiger partial charge < -0.3 is 14.9 Å². The molecule has 0 unspecified atom stereocenters. The van der Waals surface area contributed by atoms with E-state index in [1.807, 2.05) is 20.2 Å². The smallest absolute Gasteiger partial charge is 0.321 e. The lowest BCUT2D eigenvalue weighted by molar-refractivity contribution is -0.138. The van der Waals surface area contributed by atoms with Crippen LogP contribution in [0.2, 0.25) is 0 Å². The minimum Gasteiger partial charge on any atom is -0.480 e. The lowest BCUT2D eigenvalue weighted by Gasteiger charge is -2.37. The number of hydrogen-bond acceptors (Lipinski definition) is 5. The van der Waals surface area contributed by atoms with Gasteiger partial charge in [-0.15, -0.1) is 0 Å². The molecule has 0 bridgehead atoms. The predicted octanol–water partition coefficient (Wildman–Crippen LogP) is 0.968. The number of rotatable bonds is 6. The number of nitrogens with zero attached hydrogens (tertiary/aromatic N) is 2. The summed E-state index contributed by atoms with van der Waals surface area (Å²) in [6.45, 7) is 3.03. The van der Waals surface area contributed by atoms with Crippen LogP contribution in [-0.4, -0.2) is 63.7 Å². The monoisotopic (exact) mass is 355 g/mol. The van der Waals surface area contributed by atoms with Gasteiger partial charge in [-0.25, -0.2) is 8.42 Å². The minimum atomic E-state index is -3.86. The van der Waals surface area contributed by atoms with Crippen LogP contribution in [0.25, 0.3) is 0 Å². The molecule has 1 aromatic carbocycles. The highest BCUT2D eigenvalue weighted by Crippen LogP contribution is 2.24. The van der Waals surface area contributed by atoms with Crippen LogP contribution in [0.3, 0.4) is 0 Å². The summed E-state index contributed by atoms with van der Waals surface area (Å²) in [7, 11) is 0.232. The fourth-order valence-electron chi connectivity index (χ4n) is 2.81. The lowest BCUT2D eigenvalue weighted by atomic mass is 10.0. The number of carboxylic acid groups (broad SMARTS) is 1. The Morgan fingerprint density at radius 2 is 2.12 bits per heavy atom. The van der Waals surface area contributed by atoms with Crippen molar-refractivity contribution in [1.29, 1.82) is 0 Å². The van der Waals surface area contributed by atoms with Crippen LogP contribution in [0.4, 0.5) is 5.69 Å². The summed E-state index contributed by atoms with van der Waals surface area (Å²) in [5, 5.41) is 8.89. The summed E-state index contributed by atoms with van der Waals surface area (Å²) < 4.78 is 26.9. The van der Waals surface area contributed by atoms with Crippen molar-refractivity contribution in [2.45, 2.75) is 36.7 Å². The Kier molecular flexibility index (Phi) is 5.84. The summed E-state index contributed by atoms with van der Waals surface area (Å²) in [5.74, 6) is -1.21. The van der Waals surface area contributed by atoms with Crippen LogP contribution < -0.4 is 9.62 Å². The van der Waals surface area contributed by atoms with Gasteiger partial charge in [0.2, 0.25) is 10.0 Å². The third-order valence-electron chi connectivity index (χ3n) is 4.32. The summed E-state index contributed by atoms with van der Waals surface area (Å²) in [5.41, 5.74) is 0.840. The topological polar surface area (TPSA) is 90.0 Å². The van der Waals surface area contributed by atoms with E-state index in [0.717, 1.165) is 31.6 Å². The first-order valence-electron chi connectivity index (χ1n) is 7.97. The lowest BCUT2D eigenvalue weighted by Crippen LogP contribution is -2.45. The van der Waals surface area contributed by atoms with Crippen LogP contribution >= 0.6 is 0 Å². The highest BCUT2D eigenvalue weighted by atomic mass is 32.2. The van der Waals surface area contributed by atoms with E-state index in [9.17, 15) is 13.2 Å². The van der Waals surface area contributed by atoms with Crippen molar-refractivity contribution in [2.75, 3.05) is 32.1 Å². The van der Waals surface area contributed by atoms with Gasteiger partial charge in [-0.3, -0.25) is 4.79 Å². The molecule has 2 rings (SSSR count). The average Bonchev–Trinajstić information content (AvgIpc) is 2.54. The third kappa shape index (κ3) is 4.46. The zero-order chi connectivity index (χ0) is 17.9.